The lowest BCUT2D eigenvalue weighted by Gasteiger charge is -2.13. The monoisotopic (exact) mass is 335 g/mol. The Morgan fingerprint density at radius 1 is 1.00 bits per heavy atom. The highest BCUT2D eigenvalue weighted by Gasteiger charge is 2.15. The van der Waals surface area contributed by atoms with Crippen LogP contribution in [-0.2, 0) is 16.4 Å². The van der Waals surface area contributed by atoms with Gasteiger partial charge in [0.1, 0.15) is 0 Å². The molecule has 2 aromatic rings. The van der Waals surface area contributed by atoms with Gasteiger partial charge in [0.25, 0.3) is 10.0 Å². The fraction of sp³-hybridized carbons (Fsp3) is 0.294. The van der Waals surface area contributed by atoms with Crippen LogP contribution in [0.15, 0.2) is 47.4 Å². The van der Waals surface area contributed by atoms with E-state index < -0.39 is 10.0 Å². The fourth-order valence-electron chi connectivity index (χ4n) is 2.12. The van der Waals surface area contributed by atoms with Crippen LogP contribution in [0.5, 0.6) is 11.5 Å². The molecule has 5 nitrogen and oxygen atoms in total. The van der Waals surface area contributed by atoms with Gasteiger partial charge in [0.05, 0.1) is 24.3 Å². The van der Waals surface area contributed by atoms with Crippen LogP contribution in [0, 0.1) is 0 Å². The number of rotatable bonds is 7. The van der Waals surface area contributed by atoms with E-state index in [0.29, 0.717) is 23.8 Å². The Bertz CT molecular complexity index is 755. The summed E-state index contributed by atoms with van der Waals surface area (Å²) in [7, 11) is -2.12. The topological polar surface area (TPSA) is 64.6 Å². The number of nitrogens with one attached hydrogen (secondary N) is 1. The van der Waals surface area contributed by atoms with E-state index >= 15 is 0 Å². The number of anilines is 1. The summed E-state index contributed by atoms with van der Waals surface area (Å²) >= 11 is 0. The Kier molecular flexibility index (Phi) is 5.50. The molecule has 0 heterocycles. The standard InChI is InChI=1S/C17H21NO4S/c1-4-13-6-9-15(10-7-13)23(19,20)18-14-8-11-16(22-5-2)17(12-14)21-3/h6-12,18H,4-5H2,1-3H3. The van der Waals surface area contributed by atoms with E-state index in [0.717, 1.165) is 12.0 Å². The lowest BCUT2D eigenvalue weighted by molar-refractivity contribution is 0.311. The van der Waals surface area contributed by atoms with Crippen molar-refractivity contribution in [3.63, 3.8) is 0 Å². The molecule has 2 aromatic carbocycles. The van der Waals surface area contributed by atoms with Gasteiger partial charge in [-0.3, -0.25) is 4.72 Å². The highest BCUT2D eigenvalue weighted by molar-refractivity contribution is 7.92. The first-order valence-electron chi connectivity index (χ1n) is 7.42. The number of hydrogen-bond donors (Lipinski definition) is 1. The molecule has 0 aliphatic rings. The van der Waals surface area contributed by atoms with Crippen LogP contribution >= 0.6 is 0 Å². The molecule has 0 amide bonds. The molecular formula is C17H21NO4S. The molecule has 6 heteroatoms. The second-order valence-electron chi connectivity index (χ2n) is 4.90. The molecule has 0 aromatic heterocycles. The average Bonchev–Trinajstić information content (AvgIpc) is 2.56. The third kappa shape index (κ3) is 4.16. The maximum atomic E-state index is 12.4. The van der Waals surface area contributed by atoms with Crippen molar-refractivity contribution >= 4 is 15.7 Å². The second kappa shape index (κ2) is 7.37. The van der Waals surface area contributed by atoms with Crippen LogP contribution in [0.4, 0.5) is 5.69 Å². The number of methoxy groups -OCH3 is 1. The third-order valence-electron chi connectivity index (χ3n) is 3.36. The number of aryl methyl sites for hydroxylation is 1. The fourth-order valence-corrected chi connectivity index (χ4v) is 3.17. The van der Waals surface area contributed by atoms with E-state index in [1.165, 1.54) is 7.11 Å². The average molecular weight is 335 g/mol. The van der Waals surface area contributed by atoms with Gasteiger partial charge in [0, 0.05) is 6.07 Å². The second-order valence-corrected chi connectivity index (χ2v) is 6.58. The zero-order valence-electron chi connectivity index (χ0n) is 13.5. The van der Waals surface area contributed by atoms with Gasteiger partial charge in [-0.2, -0.15) is 0 Å². The lowest BCUT2D eigenvalue weighted by Crippen LogP contribution is -2.13. The lowest BCUT2D eigenvalue weighted by atomic mass is 10.2. The van der Waals surface area contributed by atoms with Gasteiger partial charge in [-0.15, -0.1) is 0 Å². The Balaban J connectivity index is 2.25. The Morgan fingerprint density at radius 3 is 2.26 bits per heavy atom. The molecule has 0 saturated heterocycles. The summed E-state index contributed by atoms with van der Waals surface area (Å²) in [6, 6.07) is 11.8. The zero-order valence-corrected chi connectivity index (χ0v) is 14.3. The van der Waals surface area contributed by atoms with E-state index in [4.69, 9.17) is 9.47 Å². The van der Waals surface area contributed by atoms with Crippen LogP contribution in [0.25, 0.3) is 0 Å². The summed E-state index contributed by atoms with van der Waals surface area (Å²) in [6.07, 6.45) is 0.865. The molecule has 0 saturated carbocycles. The molecule has 23 heavy (non-hydrogen) atoms. The smallest absolute Gasteiger partial charge is 0.261 e. The molecule has 0 unspecified atom stereocenters. The normalized spacial score (nSPS) is 11.1. The maximum absolute atomic E-state index is 12.4. The summed E-state index contributed by atoms with van der Waals surface area (Å²) in [6.45, 7) is 4.40. The first-order chi connectivity index (χ1) is 11.0. The summed E-state index contributed by atoms with van der Waals surface area (Å²) in [4.78, 5) is 0.225. The van der Waals surface area contributed by atoms with Crippen molar-refractivity contribution in [2.24, 2.45) is 0 Å². The predicted molar refractivity (Wildman–Crippen MR) is 90.8 cm³/mol. The first kappa shape index (κ1) is 17.1. The quantitative estimate of drug-likeness (QED) is 0.841. The number of sulfonamides is 1. The Labute approximate surface area is 137 Å². The summed E-state index contributed by atoms with van der Waals surface area (Å²) in [5.41, 5.74) is 1.51. The van der Waals surface area contributed by atoms with Crippen LogP contribution in [0.3, 0.4) is 0 Å². The third-order valence-corrected chi connectivity index (χ3v) is 4.75. The van der Waals surface area contributed by atoms with Crippen LogP contribution < -0.4 is 14.2 Å². The van der Waals surface area contributed by atoms with Crippen LogP contribution in [-0.4, -0.2) is 22.1 Å². The molecule has 0 aliphatic heterocycles. The van der Waals surface area contributed by atoms with Crippen molar-refractivity contribution in [2.45, 2.75) is 25.2 Å². The summed E-state index contributed by atoms with van der Waals surface area (Å²) in [5, 5.41) is 0. The van der Waals surface area contributed by atoms with Crippen molar-refractivity contribution in [3.8, 4) is 11.5 Å². The number of hydrogen-bond acceptors (Lipinski definition) is 4. The molecule has 0 fully saturated rings. The molecule has 0 spiro atoms. The number of benzene rings is 2. The van der Waals surface area contributed by atoms with E-state index in [1.807, 2.05) is 26.0 Å². The summed E-state index contributed by atoms with van der Waals surface area (Å²) < 4.78 is 38.1. The maximum Gasteiger partial charge on any atom is 0.261 e. The highest BCUT2D eigenvalue weighted by atomic mass is 32.2. The van der Waals surface area contributed by atoms with Crippen LogP contribution in [0.1, 0.15) is 19.4 Å². The van der Waals surface area contributed by atoms with E-state index in [2.05, 4.69) is 4.72 Å². The van der Waals surface area contributed by atoms with Gasteiger partial charge in [-0.25, -0.2) is 8.42 Å². The van der Waals surface area contributed by atoms with E-state index in [9.17, 15) is 8.42 Å². The molecule has 2 rings (SSSR count). The predicted octanol–water partition coefficient (Wildman–Crippen LogP) is 3.46. The molecule has 0 atom stereocenters. The first-order valence-corrected chi connectivity index (χ1v) is 8.91. The minimum atomic E-state index is -3.63. The van der Waals surface area contributed by atoms with Gasteiger partial charge < -0.3 is 9.47 Å². The van der Waals surface area contributed by atoms with Gasteiger partial charge in [0.2, 0.25) is 0 Å². The van der Waals surface area contributed by atoms with Gasteiger partial charge in [0.15, 0.2) is 11.5 Å². The van der Waals surface area contributed by atoms with Crippen molar-refractivity contribution in [1.29, 1.82) is 0 Å². The van der Waals surface area contributed by atoms with E-state index in [-0.39, 0.29) is 4.90 Å². The molecule has 0 bridgehead atoms. The van der Waals surface area contributed by atoms with Crippen molar-refractivity contribution < 1.29 is 17.9 Å². The molecule has 0 radical (unpaired) electrons. The van der Waals surface area contributed by atoms with Gasteiger partial charge in [-0.05, 0) is 43.2 Å². The molecule has 0 aliphatic carbocycles. The van der Waals surface area contributed by atoms with Crippen molar-refractivity contribution in [1.82, 2.24) is 0 Å². The zero-order chi connectivity index (χ0) is 16.9. The molecule has 1 N–H and O–H groups in total. The van der Waals surface area contributed by atoms with Gasteiger partial charge >= 0.3 is 0 Å². The minimum absolute atomic E-state index is 0.225. The Morgan fingerprint density at radius 2 is 1.70 bits per heavy atom. The molecule has 124 valence electrons. The van der Waals surface area contributed by atoms with Crippen molar-refractivity contribution in [2.75, 3.05) is 18.4 Å². The van der Waals surface area contributed by atoms with E-state index in [1.54, 1.807) is 30.3 Å². The highest BCUT2D eigenvalue weighted by Crippen LogP contribution is 2.31. The largest absolute Gasteiger partial charge is 0.493 e. The number of ether oxygens (including phenoxy) is 2. The van der Waals surface area contributed by atoms with Crippen LogP contribution in [0.2, 0.25) is 0 Å². The minimum Gasteiger partial charge on any atom is -0.493 e. The molecular weight excluding hydrogens is 314 g/mol. The summed E-state index contributed by atoms with van der Waals surface area (Å²) in [5.74, 6) is 1.05. The van der Waals surface area contributed by atoms with Crippen molar-refractivity contribution in [3.05, 3.63) is 48.0 Å². The SMILES string of the molecule is CCOc1ccc(NS(=O)(=O)c2ccc(CC)cc2)cc1OC. The van der Waals surface area contributed by atoms with Gasteiger partial charge in [-0.1, -0.05) is 19.1 Å². The Hall–Kier alpha value is -2.21.